The lowest BCUT2D eigenvalue weighted by Crippen LogP contribution is -2.16. The molecule has 0 aliphatic carbocycles. The van der Waals surface area contributed by atoms with Crippen molar-refractivity contribution in [2.24, 2.45) is 0 Å². The zero-order valence-electron chi connectivity index (χ0n) is 17.0. The maximum absolute atomic E-state index is 13.1. The van der Waals surface area contributed by atoms with E-state index in [2.05, 4.69) is 31.3 Å². The fraction of sp³-hybridized carbons (Fsp3) is 0.217. The largest absolute Gasteiger partial charge is 0.493 e. The SMILES string of the molecule is COc1cccc2cc(C(=O)Nc3c4c(nn3-c3ccc(C)cc3C)CSC4)oc12. The van der Waals surface area contributed by atoms with Crippen molar-refractivity contribution in [2.75, 3.05) is 12.4 Å². The standard InChI is InChI=1S/C23H21N3O3S/c1-13-7-8-18(14(2)9-13)26-22(16-11-30-12-17(16)25-26)24-23(27)20-10-15-5-4-6-19(28-3)21(15)29-20/h4-10H,11-12H2,1-3H3,(H,24,27). The molecule has 0 fully saturated rings. The normalized spacial score (nSPS) is 12.9. The Labute approximate surface area is 178 Å². The number of carbonyl (C=O) groups excluding carboxylic acids is 1. The fourth-order valence-electron chi connectivity index (χ4n) is 3.84. The predicted molar refractivity (Wildman–Crippen MR) is 119 cm³/mol. The number of methoxy groups -OCH3 is 1. The zero-order chi connectivity index (χ0) is 20.8. The predicted octanol–water partition coefficient (Wildman–Crippen LogP) is 5.24. The number of anilines is 1. The number of para-hydroxylation sites is 1. The van der Waals surface area contributed by atoms with Gasteiger partial charge in [0.25, 0.3) is 5.91 Å². The van der Waals surface area contributed by atoms with Crippen LogP contribution in [0.1, 0.15) is 32.9 Å². The van der Waals surface area contributed by atoms with Crippen molar-refractivity contribution < 1.29 is 13.9 Å². The van der Waals surface area contributed by atoms with Crippen LogP contribution in [-0.4, -0.2) is 22.8 Å². The molecule has 1 amide bonds. The molecule has 2 aromatic carbocycles. The molecule has 1 aliphatic rings. The minimum atomic E-state index is -0.307. The van der Waals surface area contributed by atoms with E-state index in [9.17, 15) is 4.79 Å². The summed E-state index contributed by atoms with van der Waals surface area (Å²) in [4.78, 5) is 13.1. The van der Waals surface area contributed by atoms with Crippen molar-refractivity contribution in [2.45, 2.75) is 25.4 Å². The first-order valence-electron chi connectivity index (χ1n) is 9.69. The second-order valence-electron chi connectivity index (χ2n) is 7.41. The van der Waals surface area contributed by atoms with Crippen LogP contribution in [0, 0.1) is 13.8 Å². The van der Waals surface area contributed by atoms with Crippen LogP contribution in [0.3, 0.4) is 0 Å². The van der Waals surface area contributed by atoms with Crippen LogP contribution in [-0.2, 0) is 11.5 Å². The van der Waals surface area contributed by atoms with Gasteiger partial charge < -0.3 is 14.5 Å². The minimum absolute atomic E-state index is 0.238. The van der Waals surface area contributed by atoms with Crippen LogP contribution < -0.4 is 10.1 Å². The lowest BCUT2D eigenvalue weighted by atomic mass is 10.1. The van der Waals surface area contributed by atoms with Gasteiger partial charge in [0.05, 0.1) is 18.5 Å². The first-order chi connectivity index (χ1) is 14.5. The number of hydrogen-bond acceptors (Lipinski definition) is 5. The molecule has 0 unspecified atom stereocenters. The number of furan rings is 1. The van der Waals surface area contributed by atoms with Crippen molar-refractivity contribution in [1.29, 1.82) is 0 Å². The molecule has 2 aromatic heterocycles. The number of nitrogens with one attached hydrogen (secondary N) is 1. The van der Waals surface area contributed by atoms with Crippen LogP contribution in [0.4, 0.5) is 5.82 Å². The van der Waals surface area contributed by atoms with Crippen LogP contribution in [0.2, 0.25) is 0 Å². The Bertz CT molecular complexity index is 1290. The first-order valence-corrected chi connectivity index (χ1v) is 10.8. The van der Waals surface area contributed by atoms with Gasteiger partial charge in [-0.15, -0.1) is 0 Å². The molecule has 3 heterocycles. The monoisotopic (exact) mass is 419 g/mol. The van der Waals surface area contributed by atoms with Gasteiger partial charge in [-0.3, -0.25) is 4.79 Å². The van der Waals surface area contributed by atoms with Crippen molar-refractivity contribution in [3.8, 4) is 11.4 Å². The van der Waals surface area contributed by atoms with Gasteiger partial charge in [-0.05, 0) is 37.6 Å². The molecule has 0 radical (unpaired) electrons. The highest BCUT2D eigenvalue weighted by Gasteiger charge is 2.26. The Hall–Kier alpha value is -3.19. The summed E-state index contributed by atoms with van der Waals surface area (Å²) in [5.41, 5.74) is 5.90. The molecule has 1 aliphatic heterocycles. The molecule has 5 rings (SSSR count). The van der Waals surface area contributed by atoms with E-state index in [1.165, 1.54) is 5.56 Å². The minimum Gasteiger partial charge on any atom is -0.493 e. The lowest BCUT2D eigenvalue weighted by Gasteiger charge is -2.13. The number of benzene rings is 2. The van der Waals surface area contributed by atoms with Crippen molar-refractivity contribution in [1.82, 2.24) is 9.78 Å². The highest BCUT2D eigenvalue weighted by Crippen LogP contribution is 2.37. The average Bonchev–Trinajstić information content (AvgIpc) is 3.43. The summed E-state index contributed by atoms with van der Waals surface area (Å²) in [6, 6.07) is 13.5. The number of thioether (sulfide) groups is 1. The van der Waals surface area contributed by atoms with Gasteiger partial charge in [0.15, 0.2) is 17.1 Å². The summed E-state index contributed by atoms with van der Waals surface area (Å²) in [5.74, 6) is 2.91. The van der Waals surface area contributed by atoms with Gasteiger partial charge in [0.1, 0.15) is 5.82 Å². The highest BCUT2D eigenvalue weighted by atomic mass is 32.2. The third-order valence-electron chi connectivity index (χ3n) is 5.32. The Morgan fingerprint density at radius 1 is 1.20 bits per heavy atom. The molecule has 4 aromatic rings. The van der Waals surface area contributed by atoms with Crippen molar-refractivity contribution >= 4 is 34.5 Å². The molecule has 1 N–H and O–H groups in total. The summed E-state index contributed by atoms with van der Waals surface area (Å²) in [6.45, 7) is 4.12. The van der Waals surface area contributed by atoms with Crippen molar-refractivity contribution in [3.63, 3.8) is 0 Å². The van der Waals surface area contributed by atoms with Gasteiger partial charge >= 0.3 is 0 Å². The number of ether oxygens (including phenoxy) is 1. The molecule has 152 valence electrons. The topological polar surface area (TPSA) is 69.3 Å². The Morgan fingerprint density at radius 3 is 2.87 bits per heavy atom. The third kappa shape index (κ3) is 3.06. The van der Waals surface area contributed by atoms with Crippen LogP contribution in [0.5, 0.6) is 5.75 Å². The van der Waals surface area contributed by atoms with Crippen LogP contribution in [0.25, 0.3) is 16.7 Å². The van der Waals surface area contributed by atoms with E-state index < -0.39 is 0 Å². The number of aromatic nitrogens is 2. The summed E-state index contributed by atoms with van der Waals surface area (Å²) in [6.07, 6.45) is 0. The highest BCUT2D eigenvalue weighted by molar-refractivity contribution is 7.98. The molecular formula is C23H21N3O3S. The van der Waals surface area contributed by atoms with E-state index in [1.807, 2.05) is 28.9 Å². The van der Waals surface area contributed by atoms with Gasteiger partial charge in [-0.2, -0.15) is 16.9 Å². The number of fused-ring (bicyclic) bond motifs is 2. The van der Waals surface area contributed by atoms with Gasteiger partial charge in [-0.1, -0.05) is 29.8 Å². The second-order valence-corrected chi connectivity index (χ2v) is 8.40. The van der Waals surface area contributed by atoms with Gasteiger partial charge in [-0.25, -0.2) is 4.68 Å². The van der Waals surface area contributed by atoms with E-state index in [-0.39, 0.29) is 11.7 Å². The molecule has 0 atom stereocenters. The number of nitrogens with zero attached hydrogens (tertiary/aromatic N) is 2. The van der Waals surface area contributed by atoms with Crippen LogP contribution >= 0.6 is 11.8 Å². The van der Waals surface area contributed by atoms with Crippen LogP contribution in [0.15, 0.2) is 46.9 Å². The van der Waals surface area contributed by atoms with E-state index in [1.54, 1.807) is 24.9 Å². The number of hydrogen-bond donors (Lipinski definition) is 1. The van der Waals surface area contributed by atoms with Gasteiger partial charge in [0, 0.05) is 22.5 Å². The van der Waals surface area contributed by atoms with Gasteiger partial charge in [0.2, 0.25) is 0 Å². The molecule has 0 saturated carbocycles. The lowest BCUT2D eigenvalue weighted by molar-refractivity contribution is 0.0997. The second kappa shape index (κ2) is 7.25. The average molecular weight is 420 g/mol. The summed E-state index contributed by atoms with van der Waals surface area (Å²) in [5, 5.41) is 8.68. The number of amides is 1. The van der Waals surface area contributed by atoms with E-state index >= 15 is 0 Å². The molecule has 7 heteroatoms. The molecule has 0 saturated heterocycles. The molecular weight excluding hydrogens is 398 g/mol. The van der Waals surface area contributed by atoms with E-state index in [0.29, 0.717) is 17.2 Å². The number of aryl methyl sites for hydroxylation is 2. The first kappa shape index (κ1) is 18.8. The maximum atomic E-state index is 13.1. The molecule has 0 bridgehead atoms. The number of carbonyl (C=O) groups is 1. The van der Waals surface area contributed by atoms with E-state index in [4.69, 9.17) is 14.3 Å². The molecule has 0 spiro atoms. The smallest absolute Gasteiger partial charge is 0.292 e. The quantitative estimate of drug-likeness (QED) is 0.490. The summed E-state index contributed by atoms with van der Waals surface area (Å²) >= 11 is 1.80. The maximum Gasteiger partial charge on any atom is 0.292 e. The molecule has 30 heavy (non-hydrogen) atoms. The zero-order valence-corrected chi connectivity index (χ0v) is 17.8. The summed E-state index contributed by atoms with van der Waals surface area (Å²) in [7, 11) is 1.58. The molecule has 6 nitrogen and oxygen atoms in total. The Kier molecular flexibility index (Phi) is 4.55. The fourth-order valence-corrected chi connectivity index (χ4v) is 4.87. The van der Waals surface area contributed by atoms with Crippen molar-refractivity contribution in [3.05, 3.63) is 70.6 Å². The van der Waals surface area contributed by atoms with E-state index in [0.717, 1.165) is 39.4 Å². The number of rotatable bonds is 4. The summed E-state index contributed by atoms with van der Waals surface area (Å²) < 4.78 is 13.0. The Balaban J connectivity index is 1.55. The Morgan fingerprint density at radius 2 is 2.07 bits per heavy atom. The third-order valence-corrected chi connectivity index (χ3v) is 6.29.